The lowest BCUT2D eigenvalue weighted by molar-refractivity contribution is 0.280. The molecule has 20 heavy (non-hydrogen) atoms. The molecule has 1 aromatic carbocycles. The largest absolute Gasteiger partial charge is 0.485 e. The fraction of sp³-hybridized carbons (Fsp3) is 0.429. The summed E-state index contributed by atoms with van der Waals surface area (Å²) in [7, 11) is 0. The Morgan fingerprint density at radius 2 is 2.25 bits per heavy atom. The molecule has 0 aliphatic heterocycles. The number of hydrogen-bond donors (Lipinski definition) is 1. The van der Waals surface area contributed by atoms with Crippen molar-refractivity contribution >= 4 is 15.9 Å². The molecule has 6 heteroatoms. The number of halogens is 1. The second-order valence-electron chi connectivity index (χ2n) is 4.48. The second-order valence-corrected chi connectivity index (χ2v) is 5.40. The van der Waals surface area contributed by atoms with Crippen molar-refractivity contribution in [3.8, 4) is 5.75 Å². The summed E-state index contributed by atoms with van der Waals surface area (Å²) in [6, 6.07) is 6.17. The van der Waals surface area contributed by atoms with Crippen LogP contribution in [0.15, 0.2) is 27.2 Å². The molecule has 0 saturated carbocycles. The number of ether oxygens (including phenoxy) is 1. The summed E-state index contributed by atoms with van der Waals surface area (Å²) < 4.78 is 11.8. The van der Waals surface area contributed by atoms with E-state index in [0.29, 0.717) is 18.3 Å². The third kappa shape index (κ3) is 3.80. The van der Waals surface area contributed by atoms with E-state index in [1.54, 1.807) is 6.92 Å². The summed E-state index contributed by atoms with van der Waals surface area (Å²) in [6.07, 6.45) is 0. The average molecular weight is 340 g/mol. The van der Waals surface area contributed by atoms with Crippen molar-refractivity contribution < 1.29 is 9.26 Å². The van der Waals surface area contributed by atoms with Crippen LogP contribution in [0, 0.1) is 6.92 Å². The summed E-state index contributed by atoms with van der Waals surface area (Å²) in [5.74, 6) is 1.91. The van der Waals surface area contributed by atoms with Gasteiger partial charge in [0, 0.05) is 23.0 Å². The summed E-state index contributed by atoms with van der Waals surface area (Å²) in [5.41, 5.74) is 1.10. The maximum absolute atomic E-state index is 5.81. The molecule has 0 spiro atoms. The monoisotopic (exact) mass is 339 g/mol. The summed E-state index contributed by atoms with van der Waals surface area (Å²) >= 11 is 3.49. The third-order valence-corrected chi connectivity index (χ3v) is 3.37. The van der Waals surface area contributed by atoms with Crippen LogP contribution in [0.4, 0.5) is 0 Å². The van der Waals surface area contributed by atoms with E-state index in [9.17, 15) is 0 Å². The van der Waals surface area contributed by atoms with Gasteiger partial charge in [0.15, 0.2) is 6.61 Å². The van der Waals surface area contributed by atoms with Crippen LogP contribution >= 0.6 is 15.9 Å². The van der Waals surface area contributed by atoms with E-state index in [1.807, 2.05) is 12.1 Å². The van der Waals surface area contributed by atoms with E-state index in [4.69, 9.17) is 9.26 Å². The highest BCUT2D eigenvalue weighted by atomic mass is 79.9. The quantitative estimate of drug-likeness (QED) is 0.873. The van der Waals surface area contributed by atoms with Crippen LogP contribution in [0.3, 0.4) is 0 Å². The van der Waals surface area contributed by atoms with Crippen molar-refractivity contribution in [3.63, 3.8) is 0 Å². The minimum atomic E-state index is 0.208. The van der Waals surface area contributed by atoms with Gasteiger partial charge in [-0.3, -0.25) is 0 Å². The predicted octanol–water partition coefficient (Wildman–Crippen LogP) is 3.39. The van der Waals surface area contributed by atoms with Gasteiger partial charge in [-0.1, -0.05) is 28.0 Å². The molecule has 0 fully saturated rings. The summed E-state index contributed by atoms with van der Waals surface area (Å²) in [6.45, 7) is 7.14. The van der Waals surface area contributed by atoms with Crippen molar-refractivity contribution in [1.82, 2.24) is 15.5 Å². The van der Waals surface area contributed by atoms with Crippen molar-refractivity contribution in [2.45, 2.75) is 33.4 Å². The Kier molecular flexibility index (Phi) is 5.14. The zero-order valence-electron chi connectivity index (χ0n) is 11.8. The molecule has 1 N–H and O–H groups in total. The lowest BCUT2D eigenvalue weighted by atomic mass is 10.1. The third-order valence-electron chi connectivity index (χ3n) is 2.88. The molecule has 0 radical (unpaired) electrons. The van der Waals surface area contributed by atoms with Crippen LogP contribution in [-0.4, -0.2) is 16.7 Å². The molecule has 2 aromatic rings. The fourth-order valence-corrected chi connectivity index (χ4v) is 2.33. The highest BCUT2D eigenvalue weighted by Crippen LogP contribution is 2.29. The van der Waals surface area contributed by atoms with Crippen LogP contribution in [-0.2, 0) is 6.61 Å². The molecule has 108 valence electrons. The molecule has 1 aromatic heterocycles. The molecule has 0 aliphatic carbocycles. The zero-order chi connectivity index (χ0) is 14.5. The Hall–Kier alpha value is -1.40. The first-order chi connectivity index (χ1) is 9.60. The fourth-order valence-electron chi connectivity index (χ4n) is 1.95. The average Bonchev–Trinajstić information content (AvgIpc) is 2.83. The first-order valence-corrected chi connectivity index (χ1v) is 7.34. The Labute approximate surface area is 126 Å². The van der Waals surface area contributed by atoms with Crippen molar-refractivity contribution in [2.24, 2.45) is 0 Å². The van der Waals surface area contributed by atoms with Gasteiger partial charge in [0.1, 0.15) is 5.75 Å². The van der Waals surface area contributed by atoms with Crippen LogP contribution in [0.2, 0.25) is 0 Å². The number of nitrogens with zero attached hydrogens (tertiary/aromatic N) is 2. The normalized spacial score (nSPS) is 12.4. The van der Waals surface area contributed by atoms with Crippen LogP contribution in [0.25, 0.3) is 0 Å². The maximum Gasteiger partial charge on any atom is 0.223 e. The van der Waals surface area contributed by atoms with Gasteiger partial charge in [-0.05, 0) is 31.7 Å². The Bertz CT molecular complexity index is 571. The molecule has 0 amide bonds. The standard InChI is InChI=1S/C14H18BrN3O2/c1-4-16-9(2)12-7-11(15)5-6-13(12)19-8-14-17-10(3)20-18-14/h5-7,9,16H,4,8H2,1-3H3. The predicted molar refractivity (Wildman–Crippen MR) is 79.6 cm³/mol. The molecule has 1 atom stereocenters. The van der Waals surface area contributed by atoms with Gasteiger partial charge in [-0.2, -0.15) is 4.98 Å². The van der Waals surface area contributed by atoms with Gasteiger partial charge in [0.2, 0.25) is 11.7 Å². The molecule has 0 bridgehead atoms. The minimum Gasteiger partial charge on any atom is -0.485 e. The number of rotatable bonds is 6. The molecule has 1 unspecified atom stereocenters. The lowest BCUT2D eigenvalue weighted by Gasteiger charge is -2.17. The second kappa shape index (κ2) is 6.85. The van der Waals surface area contributed by atoms with Gasteiger partial charge in [-0.25, -0.2) is 0 Å². The van der Waals surface area contributed by atoms with E-state index in [0.717, 1.165) is 22.3 Å². The number of aryl methyl sites for hydroxylation is 1. The number of aromatic nitrogens is 2. The number of benzene rings is 1. The molecular formula is C14H18BrN3O2. The molecular weight excluding hydrogens is 322 g/mol. The first kappa shape index (κ1) is 15.0. The van der Waals surface area contributed by atoms with Gasteiger partial charge < -0.3 is 14.6 Å². The van der Waals surface area contributed by atoms with Crippen LogP contribution in [0.5, 0.6) is 5.75 Å². The molecule has 5 nitrogen and oxygen atoms in total. The van der Waals surface area contributed by atoms with Gasteiger partial charge in [0.25, 0.3) is 0 Å². The van der Waals surface area contributed by atoms with Gasteiger partial charge >= 0.3 is 0 Å². The van der Waals surface area contributed by atoms with E-state index >= 15 is 0 Å². The highest BCUT2D eigenvalue weighted by molar-refractivity contribution is 9.10. The Morgan fingerprint density at radius 1 is 1.45 bits per heavy atom. The number of hydrogen-bond acceptors (Lipinski definition) is 5. The number of nitrogens with one attached hydrogen (secondary N) is 1. The lowest BCUT2D eigenvalue weighted by Crippen LogP contribution is -2.18. The van der Waals surface area contributed by atoms with Crippen molar-refractivity contribution in [1.29, 1.82) is 0 Å². The van der Waals surface area contributed by atoms with Gasteiger partial charge in [0.05, 0.1) is 0 Å². The molecule has 2 rings (SSSR count). The van der Waals surface area contributed by atoms with E-state index < -0.39 is 0 Å². The van der Waals surface area contributed by atoms with E-state index in [1.165, 1.54) is 0 Å². The van der Waals surface area contributed by atoms with Crippen LogP contribution < -0.4 is 10.1 Å². The molecule has 0 saturated heterocycles. The smallest absolute Gasteiger partial charge is 0.223 e. The Morgan fingerprint density at radius 3 is 2.90 bits per heavy atom. The maximum atomic E-state index is 5.81. The summed E-state index contributed by atoms with van der Waals surface area (Å²) in [5, 5.41) is 7.20. The molecule has 0 aliphatic rings. The van der Waals surface area contributed by atoms with Gasteiger partial charge in [-0.15, -0.1) is 0 Å². The van der Waals surface area contributed by atoms with E-state index in [2.05, 4.69) is 51.3 Å². The SMILES string of the molecule is CCNC(C)c1cc(Br)ccc1OCc1noc(C)n1. The highest BCUT2D eigenvalue weighted by Gasteiger charge is 2.12. The van der Waals surface area contributed by atoms with E-state index in [-0.39, 0.29) is 6.04 Å². The van der Waals surface area contributed by atoms with Crippen molar-refractivity contribution in [2.75, 3.05) is 6.54 Å². The van der Waals surface area contributed by atoms with Crippen molar-refractivity contribution in [3.05, 3.63) is 40.0 Å². The first-order valence-electron chi connectivity index (χ1n) is 6.55. The topological polar surface area (TPSA) is 60.2 Å². The minimum absolute atomic E-state index is 0.208. The zero-order valence-corrected chi connectivity index (χ0v) is 13.4. The summed E-state index contributed by atoms with van der Waals surface area (Å²) in [4.78, 5) is 4.13. The Balaban J connectivity index is 2.13. The molecule has 1 heterocycles. The van der Waals surface area contributed by atoms with Crippen LogP contribution in [0.1, 0.15) is 37.2 Å².